The molecule has 0 fully saturated rings. The third-order valence-electron chi connectivity index (χ3n) is 3.25. The molecule has 140 valence electrons. The Morgan fingerprint density at radius 1 is 1.12 bits per heavy atom. The van der Waals surface area contributed by atoms with Crippen LogP contribution in [-0.2, 0) is 10.0 Å². The summed E-state index contributed by atoms with van der Waals surface area (Å²) in [7, 11) is -3.92. The zero-order valence-electron chi connectivity index (χ0n) is 13.4. The molecule has 0 aliphatic heterocycles. The van der Waals surface area contributed by atoms with Crippen molar-refractivity contribution in [1.29, 1.82) is 0 Å². The average Bonchev–Trinajstić information content (AvgIpc) is 2.54. The fraction of sp³-hybridized carbons (Fsp3) is 0.188. The molecule has 0 bridgehead atoms. The van der Waals surface area contributed by atoms with Crippen molar-refractivity contribution in [2.75, 3.05) is 11.3 Å². The minimum Gasteiger partial charge on any atom is -0.343 e. The lowest BCUT2D eigenvalue weighted by Gasteiger charge is -2.11. The maximum Gasteiger partial charge on any atom is 0.405 e. The van der Waals surface area contributed by atoms with Gasteiger partial charge in [0.25, 0.3) is 15.9 Å². The molecule has 5 nitrogen and oxygen atoms in total. The van der Waals surface area contributed by atoms with Gasteiger partial charge in [0.2, 0.25) is 0 Å². The highest BCUT2D eigenvalue weighted by molar-refractivity contribution is 9.10. The van der Waals surface area contributed by atoms with Crippen molar-refractivity contribution < 1.29 is 26.4 Å². The quantitative estimate of drug-likeness (QED) is 0.726. The first-order valence-corrected chi connectivity index (χ1v) is 9.49. The first-order valence-electron chi connectivity index (χ1n) is 7.22. The molecule has 0 aliphatic rings. The molecule has 0 unspecified atom stereocenters. The van der Waals surface area contributed by atoms with E-state index in [0.717, 1.165) is 29.8 Å². The van der Waals surface area contributed by atoms with Gasteiger partial charge in [-0.3, -0.25) is 9.52 Å². The van der Waals surface area contributed by atoms with Crippen molar-refractivity contribution in [2.24, 2.45) is 0 Å². The van der Waals surface area contributed by atoms with Gasteiger partial charge in [-0.05, 0) is 64.8 Å². The number of hydrogen-bond acceptors (Lipinski definition) is 3. The Labute approximate surface area is 156 Å². The summed E-state index contributed by atoms with van der Waals surface area (Å²) in [6.07, 6.45) is -4.52. The number of carbonyl (C=O) groups excluding carboxylic acids is 1. The number of alkyl halides is 3. The van der Waals surface area contributed by atoms with Gasteiger partial charge in [0, 0.05) is 10.0 Å². The maximum absolute atomic E-state index is 12.4. The number of sulfonamides is 1. The van der Waals surface area contributed by atoms with Gasteiger partial charge in [-0.1, -0.05) is 6.07 Å². The Morgan fingerprint density at radius 3 is 2.27 bits per heavy atom. The van der Waals surface area contributed by atoms with Crippen molar-refractivity contribution in [3.63, 3.8) is 0 Å². The fourth-order valence-corrected chi connectivity index (χ4v) is 3.78. The van der Waals surface area contributed by atoms with Gasteiger partial charge in [0.05, 0.1) is 10.6 Å². The molecule has 2 rings (SSSR count). The molecule has 2 aromatic carbocycles. The highest BCUT2D eigenvalue weighted by Gasteiger charge is 2.28. The van der Waals surface area contributed by atoms with E-state index in [1.807, 2.05) is 6.92 Å². The Hall–Kier alpha value is -2.07. The SMILES string of the molecule is Cc1ccc(NS(=O)(=O)c2ccc(C(=O)NCC(F)(F)F)cc2)c(Br)c1. The maximum atomic E-state index is 12.4. The molecule has 0 atom stereocenters. The van der Waals surface area contributed by atoms with Crippen LogP contribution in [0.1, 0.15) is 15.9 Å². The summed E-state index contributed by atoms with van der Waals surface area (Å²) in [5.74, 6) is -0.944. The molecule has 10 heteroatoms. The topological polar surface area (TPSA) is 75.3 Å². The molecule has 1 amide bonds. The smallest absolute Gasteiger partial charge is 0.343 e. The Bertz CT molecular complexity index is 913. The van der Waals surface area contributed by atoms with Gasteiger partial charge in [-0.2, -0.15) is 13.2 Å². The lowest BCUT2D eigenvalue weighted by Crippen LogP contribution is -2.33. The van der Waals surface area contributed by atoms with Crippen molar-refractivity contribution in [3.8, 4) is 0 Å². The number of benzene rings is 2. The van der Waals surface area contributed by atoms with E-state index < -0.39 is 28.7 Å². The molecule has 0 radical (unpaired) electrons. The van der Waals surface area contributed by atoms with Crippen LogP contribution in [0.25, 0.3) is 0 Å². The fourth-order valence-electron chi connectivity index (χ4n) is 1.97. The van der Waals surface area contributed by atoms with Crippen LogP contribution >= 0.6 is 15.9 Å². The van der Waals surface area contributed by atoms with E-state index in [2.05, 4.69) is 20.7 Å². The summed E-state index contributed by atoms with van der Waals surface area (Å²) < 4.78 is 64.1. The van der Waals surface area contributed by atoms with E-state index in [-0.39, 0.29) is 10.5 Å². The Balaban J connectivity index is 2.14. The van der Waals surface area contributed by atoms with Gasteiger partial charge in [-0.25, -0.2) is 8.42 Å². The molecule has 0 aliphatic carbocycles. The third kappa shape index (κ3) is 5.46. The van der Waals surface area contributed by atoms with Crippen LogP contribution in [-0.4, -0.2) is 27.0 Å². The van der Waals surface area contributed by atoms with Gasteiger partial charge in [-0.15, -0.1) is 0 Å². The number of anilines is 1. The second-order valence-corrected chi connectivity index (χ2v) is 7.95. The summed E-state index contributed by atoms with van der Waals surface area (Å²) in [5, 5.41) is 1.71. The van der Waals surface area contributed by atoms with Gasteiger partial charge >= 0.3 is 6.18 Å². The number of aryl methyl sites for hydroxylation is 1. The monoisotopic (exact) mass is 450 g/mol. The first kappa shape index (κ1) is 20.2. The van der Waals surface area contributed by atoms with E-state index in [1.165, 1.54) is 0 Å². The van der Waals surface area contributed by atoms with Crippen LogP contribution < -0.4 is 10.0 Å². The summed E-state index contributed by atoms with van der Waals surface area (Å²) in [6.45, 7) is 0.389. The standard InChI is InChI=1S/C16H14BrF3N2O3S/c1-10-2-7-14(13(17)8-10)22-26(24,25)12-5-3-11(4-6-12)15(23)21-9-16(18,19)20/h2-8,22H,9H2,1H3,(H,21,23). The highest BCUT2D eigenvalue weighted by Crippen LogP contribution is 2.26. The molecule has 0 aromatic heterocycles. The largest absolute Gasteiger partial charge is 0.405 e. The lowest BCUT2D eigenvalue weighted by atomic mass is 10.2. The zero-order valence-corrected chi connectivity index (χ0v) is 15.8. The first-order chi connectivity index (χ1) is 12.0. The summed E-state index contributed by atoms with van der Waals surface area (Å²) in [5.41, 5.74) is 1.20. The second-order valence-electron chi connectivity index (χ2n) is 5.41. The van der Waals surface area contributed by atoms with E-state index in [9.17, 15) is 26.4 Å². The molecule has 0 saturated heterocycles. The molecule has 26 heavy (non-hydrogen) atoms. The number of hydrogen-bond donors (Lipinski definition) is 2. The molecule has 0 saturated carbocycles. The predicted molar refractivity (Wildman–Crippen MR) is 94.5 cm³/mol. The normalized spacial score (nSPS) is 11.9. The molecule has 2 N–H and O–H groups in total. The molecular weight excluding hydrogens is 437 g/mol. The van der Waals surface area contributed by atoms with E-state index >= 15 is 0 Å². The number of carbonyl (C=O) groups is 1. The molecule has 2 aromatic rings. The highest BCUT2D eigenvalue weighted by atomic mass is 79.9. The molecule has 0 heterocycles. The van der Waals surface area contributed by atoms with Crippen molar-refractivity contribution in [3.05, 3.63) is 58.1 Å². The summed E-state index contributed by atoms with van der Waals surface area (Å²) >= 11 is 3.26. The Morgan fingerprint density at radius 2 is 1.73 bits per heavy atom. The third-order valence-corrected chi connectivity index (χ3v) is 5.28. The van der Waals surface area contributed by atoms with Crippen LogP contribution in [0.5, 0.6) is 0 Å². The van der Waals surface area contributed by atoms with Crippen molar-refractivity contribution in [1.82, 2.24) is 5.32 Å². The predicted octanol–water partition coefficient (Wildman–Crippen LogP) is 3.85. The summed E-state index contributed by atoms with van der Waals surface area (Å²) in [4.78, 5) is 11.5. The average molecular weight is 451 g/mol. The van der Waals surface area contributed by atoms with Crippen LogP contribution in [0, 0.1) is 6.92 Å². The van der Waals surface area contributed by atoms with E-state index in [1.54, 1.807) is 23.5 Å². The lowest BCUT2D eigenvalue weighted by molar-refractivity contribution is -0.123. The van der Waals surface area contributed by atoms with Gasteiger partial charge in [0.15, 0.2) is 0 Å². The minimum atomic E-state index is -4.52. The van der Waals surface area contributed by atoms with Crippen molar-refractivity contribution >= 4 is 37.5 Å². The number of halogens is 4. The molecule has 0 spiro atoms. The van der Waals surface area contributed by atoms with Gasteiger partial charge in [0.1, 0.15) is 6.54 Å². The van der Waals surface area contributed by atoms with E-state index in [0.29, 0.717) is 10.2 Å². The van der Waals surface area contributed by atoms with Crippen LogP contribution in [0.4, 0.5) is 18.9 Å². The number of rotatable bonds is 5. The van der Waals surface area contributed by atoms with Crippen molar-refractivity contribution in [2.45, 2.75) is 18.0 Å². The number of amides is 1. The van der Waals surface area contributed by atoms with Crippen LogP contribution in [0.2, 0.25) is 0 Å². The number of nitrogens with one attached hydrogen (secondary N) is 2. The van der Waals surface area contributed by atoms with Crippen LogP contribution in [0.15, 0.2) is 51.8 Å². The Kier molecular flexibility index (Phi) is 5.97. The zero-order chi connectivity index (χ0) is 19.5. The molecular formula is C16H14BrF3N2O3S. The summed E-state index contributed by atoms with van der Waals surface area (Å²) in [6, 6.07) is 9.65. The second kappa shape index (κ2) is 7.67. The van der Waals surface area contributed by atoms with Crippen LogP contribution in [0.3, 0.4) is 0 Å². The minimum absolute atomic E-state index is 0.0790. The van der Waals surface area contributed by atoms with E-state index in [4.69, 9.17) is 0 Å². The van der Waals surface area contributed by atoms with Gasteiger partial charge < -0.3 is 5.32 Å².